The molecule has 0 fully saturated rings. The van der Waals surface area contributed by atoms with Gasteiger partial charge in [-0.2, -0.15) is 0 Å². The summed E-state index contributed by atoms with van der Waals surface area (Å²) in [6.07, 6.45) is 3.05. The van der Waals surface area contributed by atoms with Gasteiger partial charge in [-0.15, -0.1) is 0 Å². The molecule has 0 saturated heterocycles. The lowest BCUT2D eigenvalue weighted by atomic mass is 9.92. The van der Waals surface area contributed by atoms with Crippen LogP contribution in [0.25, 0.3) is 0 Å². The maximum Gasteiger partial charge on any atom is 0.203 e. The zero-order chi connectivity index (χ0) is 15.1. The van der Waals surface area contributed by atoms with Gasteiger partial charge in [-0.1, -0.05) is 19.9 Å². The quantitative estimate of drug-likeness (QED) is 0.794. The molecule has 1 rings (SSSR count). The van der Waals surface area contributed by atoms with Crippen LogP contribution in [0.5, 0.6) is 17.2 Å². The number of hydrogen-bond donors (Lipinski definition) is 1. The van der Waals surface area contributed by atoms with Crippen molar-refractivity contribution in [2.45, 2.75) is 45.1 Å². The lowest BCUT2D eigenvalue weighted by Crippen LogP contribution is -2.19. The molecule has 0 amide bonds. The summed E-state index contributed by atoms with van der Waals surface area (Å²) in [5, 5.41) is 0. The van der Waals surface area contributed by atoms with Crippen molar-refractivity contribution in [2.75, 3.05) is 21.3 Å². The molecular weight excluding hydrogens is 254 g/mol. The molecule has 1 aromatic rings. The first-order valence-electron chi connectivity index (χ1n) is 7.13. The highest BCUT2D eigenvalue weighted by atomic mass is 16.5. The Morgan fingerprint density at radius 3 is 2.15 bits per heavy atom. The van der Waals surface area contributed by atoms with Crippen molar-refractivity contribution in [3.8, 4) is 17.2 Å². The fraction of sp³-hybridized carbons (Fsp3) is 0.625. The standard InChI is InChI=1S/C16H27NO3/c1-6-12(17)8-7-11(2)13-9-10-14(18-3)16(20-5)15(13)19-4/h9-12H,6-8,17H2,1-5H3. The minimum Gasteiger partial charge on any atom is -0.493 e. The molecule has 2 N–H and O–H groups in total. The van der Waals surface area contributed by atoms with Gasteiger partial charge in [-0.25, -0.2) is 0 Å². The predicted octanol–water partition coefficient (Wildman–Crippen LogP) is 3.33. The van der Waals surface area contributed by atoms with Crippen LogP contribution in [0.1, 0.15) is 44.6 Å². The predicted molar refractivity (Wildman–Crippen MR) is 82.0 cm³/mol. The molecule has 0 aromatic heterocycles. The van der Waals surface area contributed by atoms with Crippen LogP contribution < -0.4 is 19.9 Å². The molecule has 0 aliphatic carbocycles. The van der Waals surface area contributed by atoms with Gasteiger partial charge in [0.25, 0.3) is 0 Å². The van der Waals surface area contributed by atoms with Gasteiger partial charge in [0.05, 0.1) is 21.3 Å². The summed E-state index contributed by atoms with van der Waals surface area (Å²) in [6, 6.07) is 4.23. The van der Waals surface area contributed by atoms with Gasteiger partial charge >= 0.3 is 0 Å². The molecule has 1 aromatic carbocycles. The Morgan fingerprint density at radius 2 is 1.65 bits per heavy atom. The third-order valence-electron chi connectivity index (χ3n) is 3.76. The Morgan fingerprint density at radius 1 is 1.00 bits per heavy atom. The minimum atomic E-state index is 0.267. The first-order chi connectivity index (χ1) is 9.58. The van der Waals surface area contributed by atoms with Crippen LogP contribution in [0.2, 0.25) is 0 Å². The van der Waals surface area contributed by atoms with Gasteiger partial charge in [-0.3, -0.25) is 0 Å². The number of rotatable bonds is 8. The van der Waals surface area contributed by atoms with Gasteiger partial charge in [-0.05, 0) is 31.2 Å². The van der Waals surface area contributed by atoms with Crippen LogP contribution >= 0.6 is 0 Å². The van der Waals surface area contributed by atoms with Crippen molar-refractivity contribution in [3.05, 3.63) is 17.7 Å². The second-order valence-electron chi connectivity index (χ2n) is 5.07. The normalized spacial score (nSPS) is 13.7. The molecule has 0 heterocycles. The summed E-state index contributed by atoms with van der Waals surface area (Å²) >= 11 is 0. The molecule has 0 radical (unpaired) electrons. The van der Waals surface area contributed by atoms with E-state index >= 15 is 0 Å². The lowest BCUT2D eigenvalue weighted by molar-refractivity contribution is 0.320. The Bertz CT molecular complexity index is 420. The summed E-state index contributed by atoms with van der Waals surface area (Å²) in [5.74, 6) is 2.46. The van der Waals surface area contributed by atoms with Crippen LogP contribution in [0.4, 0.5) is 0 Å². The van der Waals surface area contributed by atoms with Gasteiger partial charge in [0, 0.05) is 11.6 Å². The third kappa shape index (κ3) is 3.79. The molecule has 2 unspecified atom stereocenters. The van der Waals surface area contributed by atoms with Crippen molar-refractivity contribution in [1.29, 1.82) is 0 Å². The van der Waals surface area contributed by atoms with Gasteiger partial charge in [0.2, 0.25) is 5.75 Å². The van der Waals surface area contributed by atoms with Crippen LogP contribution in [-0.4, -0.2) is 27.4 Å². The van der Waals surface area contributed by atoms with Crippen LogP contribution in [-0.2, 0) is 0 Å². The average Bonchev–Trinajstić information content (AvgIpc) is 2.50. The largest absolute Gasteiger partial charge is 0.493 e. The van der Waals surface area contributed by atoms with E-state index in [1.807, 2.05) is 12.1 Å². The highest BCUT2D eigenvalue weighted by molar-refractivity contribution is 5.56. The van der Waals surface area contributed by atoms with E-state index in [4.69, 9.17) is 19.9 Å². The van der Waals surface area contributed by atoms with E-state index in [0.717, 1.165) is 30.6 Å². The monoisotopic (exact) mass is 281 g/mol. The molecule has 4 nitrogen and oxygen atoms in total. The summed E-state index contributed by atoms with van der Waals surface area (Å²) in [7, 11) is 4.91. The molecule has 2 atom stereocenters. The van der Waals surface area contributed by atoms with Crippen LogP contribution in [0, 0.1) is 0 Å². The Kier molecular flexibility index (Phi) is 6.65. The van der Waals surface area contributed by atoms with Gasteiger partial charge in [0.15, 0.2) is 11.5 Å². The van der Waals surface area contributed by atoms with Crippen molar-refractivity contribution < 1.29 is 14.2 Å². The second kappa shape index (κ2) is 8.00. The third-order valence-corrected chi connectivity index (χ3v) is 3.76. The van der Waals surface area contributed by atoms with Crippen molar-refractivity contribution >= 4 is 0 Å². The number of ether oxygens (including phenoxy) is 3. The molecule has 4 heteroatoms. The van der Waals surface area contributed by atoms with Crippen molar-refractivity contribution in [1.82, 2.24) is 0 Å². The number of hydrogen-bond acceptors (Lipinski definition) is 4. The maximum atomic E-state index is 6.00. The number of methoxy groups -OCH3 is 3. The maximum absolute atomic E-state index is 6.00. The number of benzene rings is 1. The molecule has 0 spiro atoms. The minimum absolute atomic E-state index is 0.267. The van der Waals surface area contributed by atoms with Crippen molar-refractivity contribution in [3.63, 3.8) is 0 Å². The van der Waals surface area contributed by atoms with E-state index in [1.54, 1.807) is 21.3 Å². The van der Waals surface area contributed by atoms with E-state index in [2.05, 4.69) is 13.8 Å². The summed E-state index contributed by atoms with van der Waals surface area (Å²) in [6.45, 7) is 4.30. The molecule has 0 saturated carbocycles. The van der Waals surface area contributed by atoms with E-state index in [0.29, 0.717) is 17.4 Å². The van der Waals surface area contributed by atoms with E-state index in [-0.39, 0.29) is 6.04 Å². The Hall–Kier alpha value is -1.42. The second-order valence-corrected chi connectivity index (χ2v) is 5.07. The zero-order valence-electron chi connectivity index (χ0n) is 13.2. The average molecular weight is 281 g/mol. The SMILES string of the molecule is CCC(N)CCC(C)c1ccc(OC)c(OC)c1OC. The Labute approximate surface area is 122 Å². The highest BCUT2D eigenvalue weighted by Gasteiger charge is 2.19. The molecule has 20 heavy (non-hydrogen) atoms. The summed E-state index contributed by atoms with van der Waals surface area (Å²) < 4.78 is 16.3. The number of nitrogens with two attached hydrogens (primary N) is 1. The fourth-order valence-electron chi connectivity index (χ4n) is 2.34. The highest BCUT2D eigenvalue weighted by Crippen LogP contribution is 2.43. The summed E-state index contributed by atoms with van der Waals surface area (Å²) in [5.41, 5.74) is 7.13. The molecule has 0 aliphatic heterocycles. The molecular formula is C16H27NO3. The smallest absolute Gasteiger partial charge is 0.203 e. The Balaban J connectivity index is 2.99. The summed E-state index contributed by atoms with van der Waals surface area (Å²) in [4.78, 5) is 0. The van der Waals surface area contributed by atoms with E-state index in [9.17, 15) is 0 Å². The van der Waals surface area contributed by atoms with E-state index in [1.165, 1.54) is 0 Å². The van der Waals surface area contributed by atoms with Crippen LogP contribution in [0.3, 0.4) is 0 Å². The fourth-order valence-corrected chi connectivity index (χ4v) is 2.34. The lowest BCUT2D eigenvalue weighted by Gasteiger charge is -2.20. The topological polar surface area (TPSA) is 53.7 Å². The first-order valence-corrected chi connectivity index (χ1v) is 7.13. The van der Waals surface area contributed by atoms with Gasteiger partial charge in [0.1, 0.15) is 0 Å². The first kappa shape index (κ1) is 16.6. The molecule has 114 valence electrons. The zero-order valence-corrected chi connectivity index (χ0v) is 13.2. The van der Waals surface area contributed by atoms with Crippen LogP contribution in [0.15, 0.2) is 12.1 Å². The molecule has 0 aliphatic rings. The van der Waals surface area contributed by atoms with Gasteiger partial charge < -0.3 is 19.9 Å². The molecule has 0 bridgehead atoms. The van der Waals surface area contributed by atoms with Crippen molar-refractivity contribution in [2.24, 2.45) is 5.73 Å². The van der Waals surface area contributed by atoms with E-state index < -0.39 is 0 Å².